The van der Waals surface area contributed by atoms with Crippen LogP contribution in [0, 0.1) is 11.8 Å². The molecule has 16 heavy (non-hydrogen) atoms. The normalized spacial score (nSPS) is 9.06. The Morgan fingerprint density at radius 2 is 2.06 bits per heavy atom. The molecule has 0 heterocycles. The molecule has 3 nitrogen and oxygen atoms in total. The van der Waals surface area contributed by atoms with E-state index in [0.717, 1.165) is 5.56 Å². The lowest BCUT2D eigenvalue weighted by atomic mass is 10.2. The van der Waals surface area contributed by atoms with Gasteiger partial charge in [0.25, 0.3) is 0 Å². The third kappa shape index (κ3) is 4.72. The van der Waals surface area contributed by atoms with Crippen LogP contribution in [-0.4, -0.2) is 23.6 Å². The van der Waals surface area contributed by atoms with E-state index in [2.05, 4.69) is 11.8 Å². The smallest absolute Gasteiger partial charge is 0.341 e. The average Bonchev–Trinajstić information content (AvgIpc) is 2.28. The predicted octanol–water partition coefficient (Wildman–Crippen LogP) is 2.13. The predicted molar refractivity (Wildman–Crippen MR) is 61.8 cm³/mol. The van der Waals surface area contributed by atoms with Crippen LogP contribution in [0.2, 0.25) is 0 Å². The molecular weight excluding hydrogens is 228 g/mol. The summed E-state index contributed by atoms with van der Waals surface area (Å²) >= 11 is 5.49. The Kier molecular flexibility index (Phi) is 5.24. The minimum absolute atomic E-state index is 0.336. The van der Waals surface area contributed by atoms with Crippen LogP contribution in [0.4, 0.5) is 0 Å². The van der Waals surface area contributed by atoms with Crippen molar-refractivity contribution >= 4 is 17.6 Å². The van der Waals surface area contributed by atoms with Crippen LogP contribution in [0.1, 0.15) is 12.0 Å². The van der Waals surface area contributed by atoms with Crippen molar-refractivity contribution in [2.24, 2.45) is 0 Å². The van der Waals surface area contributed by atoms with Gasteiger partial charge in [0.05, 0.1) is 0 Å². The Morgan fingerprint density at radius 1 is 1.38 bits per heavy atom. The maximum atomic E-state index is 10.3. The van der Waals surface area contributed by atoms with Gasteiger partial charge in [0, 0.05) is 17.9 Å². The van der Waals surface area contributed by atoms with Crippen molar-refractivity contribution in [3.05, 3.63) is 29.8 Å². The van der Waals surface area contributed by atoms with Gasteiger partial charge in [-0.3, -0.25) is 0 Å². The van der Waals surface area contributed by atoms with Gasteiger partial charge >= 0.3 is 5.97 Å². The van der Waals surface area contributed by atoms with E-state index in [0.29, 0.717) is 18.1 Å². The van der Waals surface area contributed by atoms with Crippen LogP contribution >= 0.6 is 11.6 Å². The maximum Gasteiger partial charge on any atom is 0.341 e. The van der Waals surface area contributed by atoms with E-state index < -0.39 is 5.97 Å². The van der Waals surface area contributed by atoms with Crippen molar-refractivity contribution < 1.29 is 14.6 Å². The largest absolute Gasteiger partial charge is 0.482 e. The number of carbonyl (C=O) groups is 1. The van der Waals surface area contributed by atoms with E-state index >= 15 is 0 Å². The molecule has 0 unspecified atom stereocenters. The monoisotopic (exact) mass is 238 g/mol. The van der Waals surface area contributed by atoms with Crippen LogP contribution in [0.25, 0.3) is 0 Å². The number of carboxylic acids is 1. The van der Waals surface area contributed by atoms with Gasteiger partial charge < -0.3 is 9.84 Å². The lowest BCUT2D eigenvalue weighted by Crippen LogP contribution is -2.09. The molecule has 0 atom stereocenters. The maximum absolute atomic E-state index is 10.3. The molecule has 0 bridgehead atoms. The molecule has 0 aliphatic rings. The van der Waals surface area contributed by atoms with Crippen LogP contribution < -0.4 is 4.74 Å². The highest BCUT2D eigenvalue weighted by Gasteiger charge is 1.98. The molecule has 0 fully saturated rings. The zero-order chi connectivity index (χ0) is 11.8. The molecule has 0 aliphatic heterocycles. The summed E-state index contributed by atoms with van der Waals surface area (Å²) in [5, 5.41) is 8.41. The minimum atomic E-state index is -0.994. The van der Waals surface area contributed by atoms with Gasteiger partial charge in [0.1, 0.15) is 5.75 Å². The van der Waals surface area contributed by atoms with Gasteiger partial charge in [-0.25, -0.2) is 4.79 Å². The van der Waals surface area contributed by atoms with Crippen LogP contribution in [0.5, 0.6) is 5.75 Å². The fourth-order valence-corrected chi connectivity index (χ4v) is 1.09. The number of rotatable bonds is 4. The van der Waals surface area contributed by atoms with Crippen molar-refractivity contribution in [3.8, 4) is 17.6 Å². The quantitative estimate of drug-likeness (QED) is 0.646. The van der Waals surface area contributed by atoms with Gasteiger partial charge in [0.15, 0.2) is 6.61 Å². The fourth-order valence-electron chi connectivity index (χ4n) is 0.991. The number of alkyl halides is 1. The molecule has 0 saturated heterocycles. The van der Waals surface area contributed by atoms with Gasteiger partial charge in [-0.1, -0.05) is 11.8 Å². The Morgan fingerprint density at radius 3 is 2.62 bits per heavy atom. The number of carboxylic acid groups (broad SMARTS) is 1. The second-order valence-electron chi connectivity index (χ2n) is 2.95. The molecule has 84 valence electrons. The van der Waals surface area contributed by atoms with E-state index in [1.807, 2.05) is 0 Å². The standard InChI is InChI=1S/C12H11ClO3/c13-8-2-1-3-10-4-6-11(7-5-10)16-9-12(14)15/h4-7H,2,8-9H2,(H,14,15). The summed E-state index contributed by atoms with van der Waals surface area (Å²) in [6, 6.07) is 6.93. The molecule has 0 aromatic heterocycles. The third-order valence-corrected chi connectivity index (χ3v) is 1.86. The fraction of sp³-hybridized carbons (Fsp3) is 0.250. The summed E-state index contributed by atoms with van der Waals surface area (Å²) in [7, 11) is 0. The summed E-state index contributed by atoms with van der Waals surface area (Å²) in [6.07, 6.45) is 0.652. The van der Waals surface area contributed by atoms with Gasteiger partial charge in [0.2, 0.25) is 0 Å². The topological polar surface area (TPSA) is 46.5 Å². The number of benzene rings is 1. The summed E-state index contributed by atoms with van der Waals surface area (Å²) in [4.78, 5) is 10.3. The lowest BCUT2D eigenvalue weighted by Gasteiger charge is -2.01. The van der Waals surface area contributed by atoms with Crippen molar-refractivity contribution in [2.45, 2.75) is 6.42 Å². The van der Waals surface area contributed by atoms with E-state index in [1.54, 1.807) is 24.3 Å². The molecule has 0 radical (unpaired) electrons. The van der Waals surface area contributed by atoms with Crippen molar-refractivity contribution in [2.75, 3.05) is 12.5 Å². The van der Waals surface area contributed by atoms with Gasteiger partial charge in [-0.05, 0) is 24.3 Å². The lowest BCUT2D eigenvalue weighted by molar-refractivity contribution is -0.139. The van der Waals surface area contributed by atoms with Gasteiger partial charge in [-0.15, -0.1) is 11.6 Å². The highest BCUT2D eigenvalue weighted by atomic mass is 35.5. The molecule has 0 saturated carbocycles. The highest BCUT2D eigenvalue weighted by Crippen LogP contribution is 2.11. The summed E-state index contributed by atoms with van der Waals surface area (Å²) in [5.41, 5.74) is 0.854. The van der Waals surface area contributed by atoms with E-state index in [4.69, 9.17) is 21.4 Å². The molecule has 0 spiro atoms. The SMILES string of the molecule is O=C(O)COc1ccc(C#CCCCl)cc1. The minimum Gasteiger partial charge on any atom is -0.482 e. The third-order valence-electron chi connectivity index (χ3n) is 1.67. The molecule has 1 N–H and O–H groups in total. The van der Waals surface area contributed by atoms with Crippen LogP contribution in [0.3, 0.4) is 0 Å². The Hall–Kier alpha value is -1.66. The van der Waals surface area contributed by atoms with Crippen LogP contribution in [-0.2, 0) is 4.79 Å². The first-order chi connectivity index (χ1) is 7.72. The van der Waals surface area contributed by atoms with E-state index in [1.165, 1.54) is 0 Å². The van der Waals surface area contributed by atoms with E-state index in [9.17, 15) is 4.79 Å². The number of hydrogen-bond donors (Lipinski definition) is 1. The van der Waals surface area contributed by atoms with Gasteiger partial charge in [-0.2, -0.15) is 0 Å². The second kappa shape index (κ2) is 6.76. The first-order valence-electron chi connectivity index (χ1n) is 4.72. The molecule has 1 aromatic carbocycles. The zero-order valence-electron chi connectivity index (χ0n) is 8.57. The summed E-state index contributed by atoms with van der Waals surface area (Å²) in [5.74, 6) is 5.88. The molecule has 4 heteroatoms. The number of aliphatic carboxylic acids is 1. The molecule has 1 rings (SSSR count). The summed E-state index contributed by atoms with van der Waals surface area (Å²) < 4.78 is 4.98. The molecule has 0 aliphatic carbocycles. The van der Waals surface area contributed by atoms with Crippen molar-refractivity contribution in [1.82, 2.24) is 0 Å². The average molecular weight is 239 g/mol. The Bertz CT molecular complexity index is 401. The first-order valence-corrected chi connectivity index (χ1v) is 5.25. The molecular formula is C12H11ClO3. The zero-order valence-corrected chi connectivity index (χ0v) is 9.33. The van der Waals surface area contributed by atoms with Crippen molar-refractivity contribution in [1.29, 1.82) is 0 Å². The second-order valence-corrected chi connectivity index (χ2v) is 3.33. The molecule has 1 aromatic rings. The first kappa shape index (κ1) is 12.4. The summed E-state index contributed by atoms with van der Waals surface area (Å²) in [6.45, 7) is -0.336. The number of ether oxygens (including phenoxy) is 1. The highest BCUT2D eigenvalue weighted by molar-refractivity contribution is 6.18. The molecule has 0 amide bonds. The number of halogens is 1. The Labute approximate surface area is 99.0 Å². The Balaban J connectivity index is 2.55. The van der Waals surface area contributed by atoms with Crippen LogP contribution in [0.15, 0.2) is 24.3 Å². The van der Waals surface area contributed by atoms with Crippen molar-refractivity contribution in [3.63, 3.8) is 0 Å². The number of hydrogen-bond acceptors (Lipinski definition) is 2. The van der Waals surface area contributed by atoms with E-state index in [-0.39, 0.29) is 6.61 Å².